The van der Waals surface area contributed by atoms with E-state index in [0.717, 1.165) is 11.4 Å². The Labute approximate surface area is 129 Å². The summed E-state index contributed by atoms with van der Waals surface area (Å²) in [7, 11) is 0. The van der Waals surface area contributed by atoms with Gasteiger partial charge < -0.3 is 10.1 Å². The quantitative estimate of drug-likeness (QED) is 0.880. The van der Waals surface area contributed by atoms with Crippen LogP contribution in [0.4, 0.5) is 5.95 Å². The van der Waals surface area contributed by atoms with Crippen molar-refractivity contribution in [2.45, 2.75) is 43.9 Å². The number of benzene rings is 1. The topological polar surface area (TPSA) is 59.9 Å². The Morgan fingerprint density at radius 1 is 1.14 bits per heavy atom. The fourth-order valence-corrected chi connectivity index (χ4v) is 2.33. The fraction of sp³-hybridized carbons (Fsp3) is 0.400. The van der Waals surface area contributed by atoms with Crippen molar-refractivity contribution in [2.75, 3.05) is 11.9 Å². The summed E-state index contributed by atoms with van der Waals surface area (Å²) >= 11 is 1.50. The molecule has 1 N–H and O–H groups in total. The summed E-state index contributed by atoms with van der Waals surface area (Å²) in [6.45, 7) is 8.71. The predicted molar refractivity (Wildman–Crippen MR) is 85.1 cm³/mol. The summed E-state index contributed by atoms with van der Waals surface area (Å²) in [4.78, 5) is 14.1. The van der Waals surface area contributed by atoms with E-state index in [1.807, 2.05) is 20.8 Å². The summed E-state index contributed by atoms with van der Waals surface area (Å²) in [6.07, 6.45) is 0.0269. The SMILES string of the molecule is CCNc1nc(OC(C)C)nc(Sc2ccc(C)cc2)n1. The third kappa shape index (κ3) is 4.90. The fourth-order valence-electron chi connectivity index (χ4n) is 1.60. The van der Waals surface area contributed by atoms with Crippen molar-refractivity contribution >= 4 is 17.7 Å². The lowest BCUT2D eigenvalue weighted by Crippen LogP contribution is -2.11. The normalized spacial score (nSPS) is 10.7. The average molecular weight is 304 g/mol. The van der Waals surface area contributed by atoms with Gasteiger partial charge in [-0.05, 0) is 51.6 Å². The Morgan fingerprint density at radius 3 is 2.48 bits per heavy atom. The number of ether oxygens (including phenoxy) is 1. The molecule has 1 aromatic carbocycles. The summed E-state index contributed by atoms with van der Waals surface area (Å²) < 4.78 is 5.58. The van der Waals surface area contributed by atoms with Crippen molar-refractivity contribution in [3.8, 4) is 6.01 Å². The van der Waals surface area contributed by atoms with E-state index in [4.69, 9.17) is 4.74 Å². The second-order valence-corrected chi connectivity index (χ2v) is 5.88. The van der Waals surface area contributed by atoms with Gasteiger partial charge in [-0.3, -0.25) is 0 Å². The number of aromatic nitrogens is 3. The first kappa shape index (κ1) is 15.6. The Balaban J connectivity index is 2.24. The molecule has 0 spiro atoms. The highest BCUT2D eigenvalue weighted by Gasteiger charge is 2.10. The largest absolute Gasteiger partial charge is 0.461 e. The highest BCUT2D eigenvalue weighted by atomic mass is 32.2. The molecule has 0 amide bonds. The third-order valence-electron chi connectivity index (χ3n) is 2.50. The van der Waals surface area contributed by atoms with Crippen LogP contribution in [-0.2, 0) is 0 Å². The van der Waals surface area contributed by atoms with E-state index in [-0.39, 0.29) is 6.10 Å². The van der Waals surface area contributed by atoms with Gasteiger partial charge in [0.2, 0.25) is 11.1 Å². The Bertz CT molecular complexity index is 587. The minimum absolute atomic E-state index is 0.0269. The lowest BCUT2D eigenvalue weighted by atomic mass is 10.2. The molecule has 1 heterocycles. The van der Waals surface area contributed by atoms with Crippen molar-refractivity contribution in [3.05, 3.63) is 29.8 Å². The van der Waals surface area contributed by atoms with Gasteiger partial charge in [-0.15, -0.1) is 0 Å². The molecule has 0 unspecified atom stereocenters. The number of hydrogen-bond donors (Lipinski definition) is 1. The molecule has 0 saturated carbocycles. The maximum Gasteiger partial charge on any atom is 0.322 e. The van der Waals surface area contributed by atoms with Crippen LogP contribution in [0.1, 0.15) is 26.3 Å². The van der Waals surface area contributed by atoms with Crippen molar-refractivity contribution in [3.63, 3.8) is 0 Å². The molecule has 0 radical (unpaired) electrons. The summed E-state index contributed by atoms with van der Waals surface area (Å²) in [5, 5.41) is 3.73. The Morgan fingerprint density at radius 2 is 1.86 bits per heavy atom. The number of aryl methyl sites for hydroxylation is 1. The molecule has 21 heavy (non-hydrogen) atoms. The predicted octanol–water partition coefficient (Wildman–Crippen LogP) is 3.55. The van der Waals surface area contributed by atoms with Gasteiger partial charge in [0.25, 0.3) is 0 Å². The zero-order valence-corrected chi connectivity index (χ0v) is 13.6. The molecule has 0 aliphatic carbocycles. The van der Waals surface area contributed by atoms with E-state index in [2.05, 4.69) is 51.5 Å². The minimum Gasteiger partial charge on any atom is -0.461 e. The number of hydrogen-bond acceptors (Lipinski definition) is 6. The van der Waals surface area contributed by atoms with E-state index in [9.17, 15) is 0 Å². The van der Waals surface area contributed by atoms with E-state index in [1.165, 1.54) is 17.3 Å². The van der Waals surface area contributed by atoms with Crippen molar-refractivity contribution < 1.29 is 4.74 Å². The smallest absolute Gasteiger partial charge is 0.322 e. The molecule has 5 nitrogen and oxygen atoms in total. The number of anilines is 1. The molecular weight excluding hydrogens is 284 g/mol. The average Bonchev–Trinajstić information content (AvgIpc) is 2.41. The van der Waals surface area contributed by atoms with Crippen molar-refractivity contribution in [1.29, 1.82) is 0 Å². The van der Waals surface area contributed by atoms with E-state index < -0.39 is 0 Å². The van der Waals surface area contributed by atoms with Crippen LogP contribution in [0.3, 0.4) is 0 Å². The van der Waals surface area contributed by atoms with Crippen molar-refractivity contribution in [1.82, 2.24) is 15.0 Å². The molecule has 2 rings (SSSR count). The van der Waals surface area contributed by atoms with Gasteiger partial charge in [-0.2, -0.15) is 15.0 Å². The van der Waals surface area contributed by atoms with Gasteiger partial charge in [-0.1, -0.05) is 17.7 Å². The minimum atomic E-state index is 0.0269. The molecule has 6 heteroatoms. The van der Waals surface area contributed by atoms with Crippen LogP contribution in [0, 0.1) is 6.92 Å². The zero-order chi connectivity index (χ0) is 15.2. The Hall–Kier alpha value is -1.82. The summed E-state index contributed by atoms with van der Waals surface area (Å²) in [6, 6.07) is 8.60. The number of rotatable bonds is 6. The number of nitrogens with zero attached hydrogens (tertiary/aromatic N) is 3. The van der Waals surface area contributed by atoms with Crippen molar-refractivity contribution in [2.24, 2.45) is 0 Å². The molecule has 0 saturated heterocycles. The van der Waals surface area contributed by atoms with Crippen LogP contribution in [0.2, 0.25) is 0 Å². The van der Waals surface area contributed by atoms with Crippen LogP contribution in [0.25, 0.3) is 0 Å². The third-order valence-corrected chi connectivity index (χ3v) is 3.37. The summed E-state index contributed by atoms with van der Waals surface area (Å²) in [5.41, 5.74) is 1.23. The van der Waals surface area contributed by atoms with Crippen LogP contribution < -0.4 is 10.1 Å². The van der Waals surface area contributed by atoms with Gasteiger partial charge >= 0.3 is 6.01 Å². The lowest BCUT2D eigenvalue weighted by molar-refractivity contribution is 0.219. The van der Waals surface area contributed by atoms with Gasteiger partial charge in [0.15, 0.2) is 0 Å². The Kier molecular flexibility index (Phi) is 5.38. The van der Waals surface area contributed by atoms with Crippen LogP contribution >= 0.6 is 11.8 Å². The maximum atomic E-state index is 5.58. The molecule has 112 valence electrons. The van der Waals surface area contributed by atoms with Crippen LogP contribution in [0.15, 0.2) is 34.3 Å². The van der Waals surface area contributed by atoms with Crippen LogP contribution in [-0.4, -0.2) is 27.6 Å². The van der Waals surface area contributed by atoms with Gasteiger partial charge in [0.05, 0.1) is 6.10 Å². The van der Waals surface area contributed by atoms with E-state index in [1.54, 1.807) is 0 Å². The molecule has 0 bridgehead atoms. The monoisotopic (exact) mass is 304 g/mol. The number of nitrogens with one attached hydrogen (secondary N) is 1. The molecule has 0 fully saturated rings. The zero-order valence-electron chi connectivity index (χ0n) is 12.8. The lowest BCUT2D eigenvalue weighted by Gasteiger charge is -2.10. The maximum absolute atomic E-state index is 5.58. The molecule has 0 atom stereocenters. The second kappa shape index (κ2) is 7.26. The highest BCUT2D eigenvalue weighted by molar-refractivity contribution is 7.99. The summed E-state index contributed by atoms with van der Waals surface area (Å²) in [5.74, 6) is 0.540. The molecule has 1 aromatic heterocycles. The highest BCUT2D eigenvalue weighted by Crippen LogP contribution is 2.26. The van der Waals surface area contributed by atoms with Crippen LogP contribution in [0.5, 0.6) is 6.01 Å². The van der Waals surface area contributed by atoms with E-state index in [0.29, 0.717) is 17.1 Å². The molecule has 2 aromatic rings. The second-order valence-electron chi connectivity index (χ2n) is 4.84. The first-order valence-electron chi connectivity index (χ1n) is 6.98. The van der Waals surface area contributed by atoms with E-state index >= 15 is 0 Å². The molecule has 0 aliphatic heterocycles. The van der Waals surface area contributed by atoms with Gasteiger partial charge in [-0.25, -0.2) is 0 Å². The van der Waals surface area contributed by atoms with Gasteiger partial charge in [0.1, 0.15) is 0 Å². The first-order valence-corrected chi connectivity index (χ1v) is 7.79. The standard InChI is InChI=1S/C15H20N4OS/c1-5-16-13-17-14(20-10(2)3)19-15(18-13)21-12-8-6-11(4)7-9-12/h6-10H,5H2,1-4H3,(H,16,17,18,19). The molecular formula is C15H20N4OS. The first-order chi connectivity index (χ1) is 10.1. The van der Waals surface area contributed by atoms with Gasteiger partial charge in [0, 0.05) is 11.4 Å². The molecule has 0 aliphatic rings.